The summed E-state index contributed by atoms with van der Waals surface area (Å²) >= 11 is 4.15. The number of hydrogen-bond acceptors (Lipinski definition) is 9. The first-order valence-electron chi connectivity index (χ1n) is 9.77. The van der Waals surface area contributed by atoms with Gasteiger partial charge in [-0.1, -0.05) is 30.3 Å². The SMILES string of the molecule is CC(=O)C(N)(CNC(=O)COc1nc(-c2ccccc2)ccc1NCC(N)CS)C(=O)O. The summed E-state index contributed by atoms with van der Waals surface area (Å²) in [6.45, 7) is 0.417. The van der Waals surface area contributed by atoms with Crippen LogP contribution < -0.4 is 26.8 Å². The van der Waals surface area contributed by atoms with Crippen molar-refractivity contribution >= 4 is 36.0 Å². The molecule has 0 aliphatic heterocycles. The molecule has 10 nitrogen and oxygen atoms in total. The Morgan fingerprint density at radius 1 is 1.22 bits per heavy atom. The van der Waals surface area contributed by atoms with E-state index in [0.29, 0.717) is 23.7 Å². The number of nitrogens with zero attached hydrogens (tertiary/aromatic N) is 1. The van der Waals surface area contributed by atoms with E-state index in [1.54, 1.807) is 12.1 Å². The van der Waals surface area contributed by atoms with Gasteiger partial charge < -0.3 is 31.9 Å². The number of benzene rings is 1. The summed E-state index contributed by atoms with van der Waals surface area (Å²) in [7, 11) is 0. The number of thiol groups is 1. The maximum Gasteiger partial charge on any atom is 0.333 e. The molecule has 1 aromatic heterocycles. The number of amides is 1. The summed E-state index contributed by atoms with van der Waals surface area (Å²) in [6.07, 6.45) is 0. The summed E-state index contributed by atoms with van der Waals surface area (Å²) in [5.41, 5.74) is 11.3. The van der Waals surface area contributed by atoms with E-state index in [1.807, 2.05) is 30.3 Å². The van der Waals surface area contributed by atoms with Gasteiger partial charge in [0.05, 0.1) is 17.9 Å². The molecular formula is C21H27N5O5S. The van der Waals surface area contributed by atoms with Crippen molar-refractivity contribution in [2.45, 2.75) is 18.5 Å². The molecule has 1 aromatic carbocycles. The molecule has 0 bridgehead atoms. The molecule has 0 saturated heterocycles. The Hall–Kier alpha value is -3.15. The minimum absolute atomic E-state index is 0.164. The number of aromatic nitrogens is 1. The highest BCUT2D eigenvalue weighted by Gasteiger charge is 2.39. The van der Waals surface area contributed by atoms with E-state index >= 15 is 0 Å². The third-order valence-corrected chi connectivity index (χ3v) is 5.10. The number of hydrogen-bond donors (Lipinski definition) is 6. The van der Waals surface area contributed by atoms with E-state index < -0.39 is 36.4 Å². The number of nitrogens with one attached hydrogen (secondary N) is 2. The van der Waals surface area contributed by atoms with Crippen molar-refractivity contribution in [1.29, 1.82) is 0 Å². The Morgan fingerprint density at radius 2 is 1.91 bits per heavy atom. The number of carboxylic acid groups (broad SMARTS) is 1. The van der Waals surface area contributed by atoms with Crippen LogP contribution in [0.1, 0.15) is 6.92 Å². The lowest BCUT2D eigenvalue weighted by Gasteiger charge is -2.21. The summed E-state index contributed by atoms with van der Waals surface area (Å²) in [4.78, 5) is 39.5. The predicted molar refractivity (Wildman–Crippen MR) is 124 cm³/mol. The van der Waals surface area contributed by atoms with Crippen LogP contribution in [0.15, 0.2) is 42.5 Å². The molecule has 0 spiro atoms. The predicted octanol–water partition coefficient (Wildman–Crippen LogP) is 0.284. The molecule has 1 amide bonds. The highest BCUT2D eigenvalue weighted by Crippen LogP contribution is 2.27. The van der Waals surface area contributed by atoms with Crippen LogP contribution in [0, 0.1) is 0 Å². The van der Waals surface area contributed by atoms with Crippen LogP contribution in [-0.2, 0) is 14.4 Å². The van der Waals surface area contributed by atoms with Gasteiger partial charge in [0, 0.05) is 23.9 Å². The standard InChI is InChI=1S/C21H27N5O5S/c1-13(27)21(23,20(29)30)12-25-18(28)10-31-19-17(24-9-15(22)11-32)8-7-16(26-19)14-5-3-2-4-6-14/h2-8,15,24,32H,9-12,22-23H2,1H3,(H,25,28)(H,29,30). The molecule has 0 saturated carbocycles. The van der Waals surface area contributed by atoms with Crippen molar-refractivity contribution < 1.29 is 24.2 Å². The van der Waals surface area contributed by atoms with Crippen molar-refractivity contribution in [2.75, 3.05) is 30.8 Å². The number of carbonyl (C=O) groups excluding carboxylic acids is 2. The molecule has 11 heteroatoms. The number of ether oxygens (including phenoxy) is 1. The number of nitrogens with two attached hydrogens (primary N) is 2. The molecular weight excluding hydrogens is 434 g/mol. The van der Waals surface area contributed by atoms with Crippen molar-refractivity contribution in [1.82, 2.24) is 10.3 Å². The second-order valence-corrected chi connectivity index (χ2v) is 7.50. The van der Waals surface area contributed by atoms with E-state index in [1.165, 1.54) is 0 Å². The zero-order valence-corrected chi connectivity index (χ0v) is 18.5. The highest BCUT2D eigenvalue weighted by atomic mass is 32.1. The molecule has 0 radical (unpaired) electrons. The van der Waals surface area contributed by atoms with Crippen LogP contribution in [0.3, 0.4) is 0 Å². The lowest BCUT2D eigenvalue weighted by molar-refractivity contribution is -0.147. The van der Waals surface area contributed by atoms with Crippen molar-refractivity contribution in [3.8, 4) is 17.1 Å². The maximum atomic E-state index is 12.2. The van der Waals surface area contributed by atoms with Gasteiger partial charge in [0.1, 0.15) is 0 Å². The molecule has 2 unspecified atom stereocenters. The molecule has 1 heterocycles. The number of carboxylic acids is 1. The molecule has 0 aliphatic rings. The summed E-state index contributed by atoms with van der Waals surface area (Å²) < 4.78 is 5.59. The zero-order chi connectivity index (χ0) is 23.7. The summed E-state index contributed by atoms with van der Waals surface area (Å²) in [6, 6.07) is 12.8. The van der Waals surface area contributed by atoms with Gasteiger partial charge in [-0.2, -0.15) is 12.6 Å². The number of carbonyl (C=O) groups is 3. The van der Waals surface area contributed by atoms with Crippen LogP contribution in [0.2, 0.25) is 0 Å². The second kappa shape index (κ2) is 11.5. The van der Waals surface area contributed by atoms with E-state index in [4.69, 9.17) is 21.3 Å². The van der Waals surface area contributed by atoms with Gasteiger partial charge in [-0.25, -0.2) is 9.78 Å². The number of pyridine rings is 1. The fourth-order valence-electron chi connectivity index (χ4n) is 2.53. The first-order valence-corrected chi connectivity index (χ1v) is 10.4. The van der Waals surface area contributed by atoms with Crippen LogP contribution in [0.4, 0.5) is 5.69 Å². The van der Waals surface area contributed by atoms with E-state index in [9.17, 15) is 14.4 Å². The minimum Gasteiger partial charge on any atom is -0.479 e. The van der Waals surface area contributed by atoms with Gasteiger partial charge >= 0.3 is 5.97 Å². The number of rotatable bonds is 12. The average Bonchev–Trinajstić information content (AvgIpc) is 2.79. The zero-order valence-electron chi connectivity index (χ0n) is 17.6. The van der Waals surface area contributed by atoms with Crippen LogP contribution >= 0.6 is 12.6 Å². The van der Waals surface area contributed by atoms with Crippen LogP contribution in [0.25, 0.3) is 11.3 Å². The fraction of sp³-hybridized carbons (Fsp3) is 0.333. The van der Waals surface area contributed by atoms with Gasteiger partial charge in [0.25, 0.3) is 5.91 Å². The van der Waals surface area contributed by atoms with Gasteiger partial charge in [-0.05, 0) is 19.1 Å². The Kier molecular flexibility index (Phi) is 9.00. The molecule has 2 aromatic rings. The monoisotopic (exact) mass is 461 g/mol. The van der Waals surface area contributed by atoms with Gasteiger partial charge in [0.2, 0.25) is 5.88 Å². The Morgan fingerprint density at radius 3 is 2.50 bits per heavy atom. The Balaban J connectivity index is 2.13. The largest absolute Gasteiger partial charge is 0.479 e. The maximum absolute atomic E-state index is 12.2. The van der Waals surface area contributed by atoms with Crippen LogP contribution in [-0.4, -0.2) is 64.8 Å². The molecule has 0 aliphatic carbocycles. The van der Waals surface area contributed by atoms with E-state index in [-0.39, 0.29) is 11.9 Å². The lowest BCUT2D eigenvalue weighted by atomic mass is 9.96. The lowest BCUT2D eigenvalue weighted by Crippen LogP contribution is -2.61. The van der Waals surface area contributed by atoms with Crippen molar-refractivity contribution in [3.63, 3.8) is 0 Å². The smallest absolute Gasteiger partial charge is 0.333 e. The Labute approximate surface area is 191 Å². The third kappa shape index (κ3) is 6.67. The summed E-state index contributed by atoms with van der Waals surface area (Å²) in [5, 5.41) is 14.6. The first kappa shape index (κ1) is 25.1. The normalized spacial score (nSPS) is 13.5. The van der Waals surface area contributed by atoms with E-state index in [2.05, 4.69) is 28.2 Å². The quantitative estimate of drug-likeness (QED) is 0.192. The molecule has 172 valence electrons. The topological polar surface area (TPSA) is 170 Å². The second-order valence-electron chi connectivity index (χ2n) is 7.14. The van der Waals surface area contributed by atoms with Crippen molar-refractivity contribution in [3.05, 3.63) is 42.5 Å². The third-order valence-electron chi connectivity index (χ3n) is 4.63. The molecule has 2 atom stereocenters. The first-order chi connectivity index (χ1) is 15.2. The minimum atomic E-state index is -2.21. The highest BCUT2D eigenvalue weighted by molar-refractivity contribution is 7.80. The molecule has 2 rings (SSSR count). The molecule has 32 heavy (non-hydrogen) atoms. The van der Waals surface area contributed by atoms with Crippen LogP contribution in [0.5, 0.6) is 5.88 Å². The van der Waals surface area contributed by atoms with E-state index in [0.717, 1.165) is 12.5 Å². The average molecular weight is 462 g/mol. The van der Waals surface area contributed by atoms with Gasteiger partial charge in [0.15, 0.2) is 17.9 Å². The fourth-order valence-corrected chi connectivity index (χ4v) is 2.66. The Bertz CT molecular complexity index is 943. The number of aliphatic carboxylic acids is 1. The van der Waals surface area contributed by atoms with Gasteiger partial charge in [-0.15, -0.1) is 0 Å². The molecule has 7 N–H and O–H groups in total. The number of ketones is 1. The summed E-state index contributed by atoms with van der Waals surface area (Å²) in [5.74, 6) is -2.34. The molecule has 0 fully saturated rings. The number of Topliss-reactive ketones (excluding diaryl/α,β-unsaturated/α-hetero) is 1. The van der Waals surface area contributed by atoms with Crippen molar-refractivity contribution in [2.24, 2.45) is 11.5 Å². The number of anilines is 1. The van der Waals surface area contributed by atoms with Gasteiger partial charge in [-0.3, -0.25) is 9.59 Å².